The van der Waals surface area contributed by atoms with Crippen LogP contribution in [0.25, 0.3) is 0 Å². The zero-order valence-corrected chi connectivity index (χ0v) is 10.2. The van der Waals surface area contributed by atoms with Crippen molar-refractivity contribution in [1.29, 1.82) is 0 Å². The molecular formula is C11H24N2O2. The standard InChI is InChI=1S/C11H24N2O2/c1-11(8-12,9-15-3)13(6-7-14-2)10-4-5-10/h10H,4-9,12H2,1-3H3. The number of hydrogen-bond acceptors (Lipinski definition) is 4. The van der Waals surface area contributed by atoms with Gasteiger partial charge >= 0.3 is 0 Å². The van der Waals surface area contributed by atoms with Gasteiger partial charge in [-0.3, -0.25) is 4.90 Å². The van der Waals surface area contributed by atoms with E-state index in [1.54, 1.807) is 14.2 Å². The summed E-state index contributed by atoms with van der Waals surface area (Å²) in [6.07, 6.45) is 2.56. The van der Waals surface area contributed by atoms with Crippen molar-refractivity contribution in [2.75, 3.05) is 40.5 Å². The zero-order valence-electron chi connectivity index (χ0n) is 10.2. The summed E-state index contributed by atoms with van der Waals surface area (Å²) in [6.45, 7) is 5.18. The van der Waals surface area contributed by atoms with Crippen LogP contribution in [0, 0.1) is 0 Å². The second-order valence-electron chi connectivity index (χ2n) is 4.55. The summed E-state index contributed by atoms with van der Waals surface area (Å²) in [5, 5.41) is 0. The predicted molar refractivity (Wildman–Crippen MR) is 60.9 cm³/mol. The minimum absolute atomic E-state index is 0.0472. The van der Waals surface area contributed by atoms with Gasteiger partial charge in [-0.2, -0.15) is 0 Å². The average molecular weight is 216 g/mol. The number of hydrogen-bond donors (Lipinski definition) is 1. The van der Waals surface area contributed by atoms with Crippen LogP contribution in [0.15, 0.2) is 0 Å². The molecule has 1 rings (SSSR count). The molecule has 0 aromatic heterocycles. The third-order valence-electron chi connectivity index (χ3n) is 3.11. The summed E-state index contributed by atoms with van der Waals surface area (Å²) in [6, 6.07) is 0.684. The van der Waals surface area contributed by atoms with Crippen LogP contribution in [0.5, 0.6) is 0 Å². The summed E-state index contributed by atoms with van der Waals surface area (Å²) in [5.74, 6) is 0. The molecule has 90 valence electrons. The minimum Gasteiger partial charge on any atom is -0.383 e. The highest BCUT2D eigenvalue weighted by Gasteiger charge is 2.40. The SMILES string of the molecule is COCCN(C1CC1)C(C)(CN)COC. The minimum atomic E-state index is -0.0472. The van der Waals surface area contributed by atoms with Gasteiger partial charge in [-0.25, -0.2) is 0 Å². The topological polar surface area (TPSA) is 47.7 Å². The molecule has 0 aromatic rings. The van der Waals surface area contributed by atoms with Gasteiger partial charge in [0.05, 0.1) is 18.8 Å². The first kappa shape index (κ1) is 12.9. The van der Waals surface area contributed by atoms with Crippen LogP contribution in [0.2, 0.25) is 0 Å². The van der Waals surface area contributed by atoms with E-state index in [9.17, 15) is 0 Å². The maximum absolute atomic E-state index is 5.87. The van der Waals surface area contributed by atoms with Crippen molar-refractivity contribution in [3.63, 3.8) is 0 Å². The van der Waals surface area contributed by atoms with Gasteiger partial charge in [0, 0.05) is 33.4 Å². The van der Waals surface area contributed by atoms with Crippen LogP contribution < -0.4 is 5.73 Å². The first-order chi connectivity index (χ1) is 7.18. The summed E-state index contributed by atoms with van der Waals surface area (Å²) in [5.41, 5.74) is 5.82. The normalized spacial score (nSPS) is 20.6. The molecule has 0 bridgehead atoms. The molecule has 15 heavy (non-hydrogen) atoms. The Labute approximate surface area is 92.7 Å². The third kappa shape index (κ3) is 3.41. The van der Waals surface area contributed by atoms with Gasteiger partial charge in [0.25, 0.3) is 0 Å². The Morgan fingerprint density at radius 2 is 2.00 bits per heavy atom. The van der Waals surface area contributed by atoms with Crippen molar-refractivity contribution in [1.82, 2.24) is 4.90 Å². The zero-order chi connectivity index (χ0) is 11.3. The molecule has 0 heterocycles. The smallest absolute Gasteiger partial charge is 0.0656 e. The van der Waals surface area contributed by atoms with E-state index in [4.69, 9.17) is 15.2 Å². The molecule has 0 radical (unpaired) electrons. The molecule has 0 aromatic carbocycles. The molecule has 1 fully saturated rings. The molecule has 1 saturated carbocycles. The van der Waals surface area contributed by atoms with E-state index in [-0.39, 0.29) is 5.54 Å². The first-order valence-electron chi connectivity index (χ1n) is 5.62. The molecule has 0 amide bonds. The van der Waals surface area contributed by atoms with Crippen LogP contribution in [0.4, 0.5) is 0 Å². The lowest BCUT2D eigenvalue weighted by Crippen LogP contribution is -2.56. The van der Waals surface area contributed by atoms with Crippen LogP contribution >= 0.6 is 0 Å². The molecule has 1 unspecified atom stereocenters. The highest BCUT2D eigenvalue weighted by molar-refractivity contribution is 4.96. The number of nitrogens with two attached hydrogens (primary N) is 1. The van der Waals surface area contributed by atoms with Gasteiger partial charge in [-0.1, -0.05) is 0 Å². The molecular weight excluding hydrogens is 192 g/mol. The van der Waals surface area contributed by atoms with Crippen molar-refractivity contribution in [3.05, 3.63) is 0 Å². The first-order valence-corrected chi connectivity index (χ1v) is 5.62. The second kappa shape index (κ2) is 5.80. The lowest BCUT2D eigenvalue weighted by atomic mass is 10.0. The molecule has 2 N–H and O–H groups in total. The Balaban J connectivity index is 2.57. The van der Waals surface area contributed by atoms with Gasteiger partial charge in [-0.05, 0) is 19.8 Å². The Kier molecular flexibility index (Phi) is 4.99. The van der Waals surface area contributed by atoms with E-state index in [0.29, 0.717) is 19.2 Å². The molecule has 1 aliphatic carbocycles. The van der Waals surface area contributed by atoms with Crippen molar-refractivity contribution in [2.45, 2.75) is 31.3 Å². The van der Waals surface area contributed by atoms with Crippen LogP contribution in [-0.4, -0.2) is 57.0 Å². The summed E-state index contributed by atoms with van der Waals surface area (Å²) in [7, 11) is 3.47. The van der Waals surface area contributed by atoms with Gasteiger partial charge in [0.15, 0.2) is 0 Å². The van der Waals surface area contributed by atoms with Crippen molar-refractivity contribution in [2.24, 2.45) is 5.73 Å². The van der Waals surface area contributed by atoms with Crippen LogP contribution in [0.3, 0.4) is 0 Å². The molecule has 0 spiro atoms. The predicted octanol–water partition coefficient (Wildman–Crippen LogP) is 0.461. The monoisotopic (exact) mass is 216 g/mol. The largest absolute Gasteiger partial charge is 0.383 e. The average Bonchev–Trinajstić information content (AvgIpc) is 3.03. The van der Waals surface area contributed by atoms with Crippen LogP contribution in [0.1, 0.15) is 19.8 Å². The maximum Gasteiger partial charge on any atom is 0.0656 e. The van der Waals surface area contributed by atoms with Crippen molar-refractivity contribution >= 4 is 0 Å². The van der Waals surface area contributed by atoms with Crippen molar-refractivity contribution in [3.8, 4) is 0 Å². The molecule has 1 aliphatic rings. The van der Waals surface area contributed by atoms with Gasteiger partial charge in [0.1, 0.15) is 0 Å². The van der Waals surface area contributed by atoms with Gasteiger partial charge in [-0.15, -0.1) is 0 Å². The molecule has 4 heteroatoms. The van der Waals surface area contributed by atoms with E-state index in [1.807, 2.05) is 0 Å². The molecule has 0 aliphatic heterocycles. The summed E-state index contributed by atoms with van der Waals surface area (Å²) >= 11 is 0. The lowest BCUT2D eigenvalue weighted by Gasteiger charge is -2.40. The second-order valence-corrected chi connectivity index (χ2v) is 4.55. The highest BCUT2D eigenvalue weighted by atomic mass is 16.5. The number of methoxy groups -OCH3 is 2. The Morgan fingerprint density at radius 3 is 2.40 bits per heavy atom. The molecule has 4 nitrogen and oxygen atoms in total. The van der Waals surface area contributed by atoms with E-state index in [1.165, 1.54) is 12.8 Å². The fraction of sp³-hybridized carbons (Fsp3) is 1.00. The number of nitrogens with zero attached hydrogens (tertiary/aromatic N) is 1. The van der Waals surface area contributed by atoms with Crippen molar-refractivity contribution < 1.29 is 9.47 Å². The van der Waals surface area contributed by atoms with E-state index in [2.05, 4.69) is 11.8 Å². The lowest BCUT2D eigenvalue weighted by molar-refractivity contribution is 0.00696. The van der Waals surface area contributed by atoms with E-state index in [0.717, 1.165) is 13.2 Å². The molecule has 1 atom stereocenters. The number of ether oxygens (including phenoxy) is 2. The number of rotatable bonds is 8. The quantitative estimate of drug-likeness (QED) is 0.640. The van der Waals surface area contributed by atoms with Crippen LogP contribution in [-0.2, 0) is 9.47 Å². The fourth-order valence-electron chi connectivity index (χ4n) is 2.04. The summed E-state index contributed by atoms with van der Waals surface area (Å²) < 4.78 is 10.4. The Hall–Kier alpha value is -0.160. The maximum atomic E-state index is 5.87. The third-order valence-corrected chi connectivity index (χ3v) is 3.11. The van der Waals surface area contributed by atoms with Gasteiger partial charge in [0.2, 0.25) is 0 Å². The van der Waals surface area contributed by atoms with Gasteiger partial charge < -0.3 is 15.2 Å². The Morgan fingerprint density at radius 1 is 1.33 bits per heavy atom. The molecule has 0 saturated heterocycles. The fourth-order valence-corrected chi connectivity index (χ4v) is 2.04. The van der Waals surface area contributed by atoms with E-state index >= 15 is 0 Å². The summed E-state index contributed by atoms with van der Waals surface area (Å²) in [4.78, 5) is 2.44. The van der Waals surface area contributed by atoms with E-state index < -0.39 is 0 Å². The Bertz CT molecular complexity index is 185. The highest BCUT2D eigenvalue weighted by Crippen LogP contribution is 2.32.